The summed E-state index contributed by atoms with van der Waals surface area (Å²) in [5, 5.41) is 5.70. The largest absolute Gasteiger partial charge is 0.497 e. The molecule has 2 aromatic rings. The Morgan fingerprint density at radius 3 is 2.61 bits per heavy atom. The van der Waals surface area contributed by atoms with Gasteiger partial charge in [-0.1, -0.05) is 0 Å². The summed E-state index contributed by atoms with van der Waals surface area (Å²) in [7, 11) is 3.26. The van der Waals surface area contributed by atoms with Crippen LogP contribution in [-0.4, -0.2) is 25.2 Å². The highest BCUT2D eigenvalue weighted by Crippen LogP contribution is 2.37. The van der Waals surface area contributed by atoms with E-state index >= 15 is 0 Å². The summed E-state index contributed by atoms with van der Waals surface area (Å²) in [6.45, 7) is 0. The summed E-state index contributed by atoms with van der Waals surface area (Å²) in [5.41, 5.74) is 1.39. The predicted octanol–water partition coefficient (Wildman–Crippen LogP) is 2.78. The molecule has 2 N–H and O–H groups in total. The van der Waals surface area contributed by atoms with Gasteiger partial charge in [-0.2, -0.15) is 0 Å². The van der Waals surface area contributed by atoms with Crippen molar-refractivity contribution in [2.45, 2.75) is 0 Å². The van der Waals surface area contributed by atoms with Gasteiger partial charge >= 0.3 is 0 Å². The highest BCUT2D eigenvalue weighted by atomic mass is 32.1. The van der Waals surface area contributed by atoms with Crippen LogP contribution in [0.3, 0.4) is 0 Å². The van der Waals surface area contributed by atoms with Crippen molar-refractivity contribution in [1.82, 2.24) is 10.6 Å². The minimum absolute atomic E-state index is 0.219. The van der Waals surface area contributed by atoms with Gasteiger partial charge in [-0.3, -0.25) is 10.1 Å². The van der Waals surface area contributed by atoms with E-state index in [-0.39, 0.29) is 5.91 Å². The molecular formula is C16H14N2O3S2. The summed E-state index contributed by atoms with van der Waals surface area (Å²) in [5.74, 6) is 1.31. The van der Waals surface area contributed by atoms with Crippen molar-refractivity contribution in [2.75, 3.05) is 14.2 Å². The standard InChI is InChI=1S/C16H14N2O3S2/c1-20-9-3-5-13(21-2)11(7-9)14-6-4-10(23-14)8-12-15(19)18-16(22)17-12/h3-8H,1-2H3,(H2,17,18,19,22)/b12-8+. The molecule has 118 valence electrons. The van der Waals surface area contributed by atoms with Crippen LogP contribution in [0.4, 0.5) is 0 Å². The second-order valence-electron chi connectivity index (χ2n) is 4.73. The Balaban J connectivity index is 1.95. The van der Waals surface area contributed by atoms with Gasteiger partial charge in [0.25, 0.3) is 5.91 Å². The van der Waals surface area contributed by atoms with E-state index < -0.39 is 0 Å². The normalized spacial score (nSPS) is 15.5. The summed E-state index contributed by atoms with van der Waals surface area (Å²) in [6.07, 6.45) is 1.77. The number of carbonyl (C=O) groups excluding carboxylic acids is 1. The van der Waals surface area contributed by atoms with Gasteiger partial charge in [0, 0.05) is 15.3 Å². The highest BCUT2D eigenvalue weighted by Gasteiger charge is 2.20. The molecule has 7 heteroatoms. The van der Waals surface area contributed by atoms with Gasteiger partial charge in [0.2, 0.25) is 0 Å². The molecule has 1 aromatic heterocycles. The van der Waals surface area contributed by atoms with Gasteiger partial charge < -0.3 is 14.8 Å². The molecule has 0 bridgehead atoms. The van der Waals surface area contributed by atoms with Crippen LogP contribution in [0.5, 0.6) is 11.5 Å². The molecule has 0 saturated carbocycles. The molecule has 0 radical (unpaired) electrons. The predicted molar refractivity (Wildman–Crippen MR) is 94.7 cm³/mol. The van der Waals surface area contributed by atoms with Crippen LogP contribution in [-0.2, 0) is 4.79 Å². The van der Waals surface area contributed by atoms with Gasteiger partial charge in [0.15, 0.2) is 5.11 Å². The number of hydrogen-bond donors (Lipinski definition) is 2. The SMILES string of the molecule is COc1ccc(OC)c(-c2ccc(/C=C3/NC(=S)NC3=O)s2)c1. The number of benzene rings is 1. The number of ether oxygens (including phenoxy) is 2. The molecule has 0 spiro atoms. The van der Waals surface area contributed by atoms with Crippen molar-refractivity contribution in [1.29, 1.82) is 0 Å². The van der Waals surface area contributed by atoms with Crippen molar-refractivity contribution in [3.63, 3.8) is 0 Å². The third kappa shape index (κ3) is 3.20. The number of hydrogen-bond acceptors (Lipinski definition) is 5. The summed E-state index contributed by atoms with van der Waals surface area (Å²) in [4.78, 5) is 13.6. The Hall–Kier alpha value is -2.38. The van der Waals surface area contributed by atoms with Crippen LogP contribution >= 0.6 is 23.6 Å². The molecule has 2 heterocycles. The van der Waals surface area contributed by atoms with E-state index in [1.807, 2.05) is 30.3 Å². The Labute approximate surface area is 142 Å². The van der Waals surface area contributed by atoms with Crippen LogP contribution in [0.1, 0.15) is 4.88 Å². The quantitative estimate of drug-likeness (QED) is 0.658. The Morgan fingerprint density at radius 2 is 1.96 bits per heavy atom. The summed E-state index contributed by atoms with van der Waals surface area (Å²) in [6, 6.07) is 9.59. The van der Waals surface area contributed by atoms with Crippen molar-refractivity contribution in [3.05, 3.63) is 40.9 Å². The lowest BCUT2D eigenvalue weighted by Gasteiger charge is -2.08. The van der Waals surface area contributed by atoms with Crippen molar-refractivity contribution >= 4 is 40.7 Å². The summed E-state index contributed by atoms with van der Waals surface area (Å²) >= 11 is 6.47. The first kappa shape index (κ1) is 15.5. The first-order valence-corrected chi connectivity index (χ1v) is 7.99. The van der Waals surface area contributed by atoms with E-state index in [0.29, 0.717) is 10.8 Å². The van der Waals surface area contributed by atoms with Crippen LogP contribution < -0.4 is 20.1 Å². The fourth-order valence-electron chi connectivity index (χ4n) is 2.21. The van der Waals surface area contributed by atoms with Crippen molar-refractivity contribution in [2.24, 2.45) is 0 Å². The van der Waals surface area contributed by atoms with Crippen LogP contribution in [0.25, 0.3) is 16.5 Å². The molecule has 1 amide bonds. The Morgan fingerprint density at radius 1 is 1.13 bits per heavy atom. The van der Waals surface area contributed by atoms with Gasteiger partial charge in [-0.05, 0) is 48.6 Å². The number of rotatable bonds is 4. The third-order valence-electron chi connectivity index (χ3n) is 3.31. The average molecular weight is 346 g/mol. The number of carbonyl (C=O) groups is 1. The molecule has 1 aliphatic heterocycles. The van der Waals surface area contributed by atoms with E-state index in [4.69, 9.17) is 21.7 Å². The zero-order chi connectivity index (χ0) is 16.4. The second kappa shape index (κ2) is 6.39. The first-order valence-electron chi connectivity index (χ1n) is 6.77. The molecule has 3 rings (SSSR count). The van der Waals surface area contributed by atoms with Crippen LogP contribution in [0.15, 0.2) is 36.0 Å². The molecule has 5 nitrogen and oxygen atoms in total. The molecule has 1 aliphatic rings. The van der Waals surface area contributed by atoms with E-state index in [0.717, 1.165) is 26.8 Å². The zero-order valence-corrected chi connectivity index (χ0v) is 14.1. The second-order valence-corrected chi connectivity index (χ2v) is 6.26. The van der Waals surface area contributed by atoms with Crippen LogP contribution in [0.2, 0.25) is 0 Å². The van der Waals surface area contributed by atoms with Gasteiger partial charge in [0.05, 0.1) is 14.2 Å². The minimum Gasteiger partial charge on any atom is -0.497 e. The van der Waals surface area contributed by atoms with E-state index in [1.165, 1.54) is 0 Å². The van der Waals surface area contributed by atoms with Crippen molar-refractivity contribution < 1.29 is 14.3 Å². The maximum Gasteiger partial charge on any atom is 0.273 e. The molecule has 0 aliphatic carbocycles. The maximum atomic E-state index is 11.7. The number of nitrogens with one attached hydrogen (secondary N) is 2. The van der Waals surface area contributed by atoms with Crippen molar-refractivity contribution in [3.8, 4) is 21.9 Å². The fraction of sp³-hybridized carbons (Fsp3) is 0.125. The van der Waals surface area contributed by atoms with Gasteiger partial charge in [0.1, 0.15) is 17.2 Å². The fourth-order valence-corrected chi connectivity index (χ4v) is 3.38. The molecule has 23 heavy (non-hydrogen) atoms. The number of methoxy groups -OCH3 is 2. The molecular weight excluding hydrogens is 332 g/mol. The molecule has 1 aromatic carbocycles. The topological polar surface area (TPSA) is 59.6 Å². The van der Waals surface area contributed by atoms with E-state index in [9.17, 15) is 4.79 Å². The third-order valence-corrected chi connectivity index (χ3v) is 4.58. The van der Waals surface area contributed by atoms with Gasteiger partial charge in [-0.15, -0.1) is 11.3 Å². The Bertz CT molecular complexity index is 811. The number of amides is 1. The van der Waals surface area contributed by atoms with Crippen LogP contribution in [0, 0.1) is 0 Å². The number of thiophene rings is 1. The minimum atomic E-state index is -0.219. The zero-order valence-electron chi connectivity index (χ0n) is 12.5. The lowest BCUT2D eigenvalue weighted by atomic mass is 10.1. The Kier molecular flexibility index (Phi) is 4.31. The van der Waals surface area contributed by atoms with E-state index in [2.05, 4.69) is 10.6 Å². The molecule has 1 saturated heterocycles. The molecule has 0 atom stereocenters. The summed E-state index contributed by atoms with van der Waals surface area (Å²) < 4.78 is 10.7. The smallest absolute Gasteiger partial charge is 0.273 e. The molecule has 0 unspecified atom stereocenters. The lowest BCUT2D eigenvalue weighted by molar-refractivity contribution is -0.115. The molecule has 1 fully saturated rings. The van der Waals surface area contributed by atoms with E-state index in [1.54, 1.807) is 31.6 Å². The monoisotopic (exact) mass is 346 g/mol. The van der Waals surface area contributed by atoms with Gasteiger partial charge in [-0.25, -0.2) is 0 Å². The number of thiocarbonyl (C=S) groups is 1. The highest BCUT2D eigenvalue weighted by molar-refractivity contribution is 7.80. The average Bonchev–Trinajstić information content (AvgIpc) is 3.13. The first-order chi connectivity index (χ1) is 11.1. The lowest BCUT2D eigenvalue weighted by Crippen LogP contribution is -2.21. The maximum absolute atomic E-state index is 11.7.